The Morgan fingerprint density at radius 3 is 2.43 bits per heavy atom. The molecular formula is C12H13Cl3NO4P. The number of halogens is 3. The first kappa shape index (κ1) is 18.5. The Balaban J connectivity index is 3.02. The smallest absolute Gasteiger partial charge is 0.342 e. The number of alkyl halides is 3. The lowest BCUT2D eigenvalue weighted by molar-refractivity contribution is -0.120. The number of carbonyl (C=O) groups is 1. The van der Waals surface area contributed by atoms with Gasteiger partial charge in [0.05, 0.1) is 6.04 Å². The summed E-state index contributed by atoms with van der Waals surface area (Å²) in [4.78, 5) is 21.1. The van der Waals surface area contributed by atoms with Crippen molar-refractivity contribution in [1.82, 2.24) is 5.32 Å². The van der Waals surface area contributed by atoms with Crippen LogP contribution in [0.15, 0.2) is 42.2 Å². The van der Waals surface area contributed by atoms with Crippen molar-refractivity contribution < 1.29 is 18.8 Å². The van der Waals surface area contributed by atoms with Gasteiger partial charge in [0, 0.05) is 12.9 Å². The van der Waals surface area contributed by atoms with Gasteiger partial charge in [-0.15, -0.1) is 0 Å². The first-order valence-electron chi connectivity index (χ1n) is 5.66. The Morgan fingerprint density at radius 1 is 1.38 bits per heavy atom. The van der Waals surface area contributed by atoms with Gasteiger partial charge in [0.15, 0.2) is 0 Å². The van der Waals surface area contributed by atoms with E-state index in [0.717, 1.165) is 12.9 Å². The van der Waals surface area contributed by atoms with Crippen LogP contribution in [0, 0.1) is 0 Å². The minimum Gasteiger partial charge on any atom is -0.342 e. The Hall–Kier alpha value is -0.550. The number of hydrogen-bond donors (Lipinski definition) is 2. The van der Waals surface area contributed by atoms with Crippen molar-refractivity contribution in [2.75, 3.05) is 7.11 Å². The number of benzene rings is 1. The summed E-state index contributed by atoms with van der Waals surface area (Å²) in [5.41, 5.74) is 0.646. The van der Waals surface area contributed by atoms with Crippen molar-refractivity contribution >= 4 is 48.3 Å². The average molecular weight is 373 g/mol. The van der Waals surface area contributed by atoms with Gasteiger partial charge in [-0.3, -0.25) is 9.36 Å². The van der Waals surface area contributed by atoms with E-state index in [-0.39, 0.29) is 0 Å². The Morgan fingerprint density at radius 2 is 1.95 bits per heavy atom. The van der Waals surface area contributed by atoms with E-state index < -0.39 is 23.3 Å². The molecule has 1 rings (SSSR count). The number of nitrogens with one attached hydrogen (secondary N) is 1. The molecule has 0 bridgehead atoms. The van der Waals surface area contributed by atoms with E-state index in [2.05, 4.69) is 9.84 Å². The number of amides is 1. The van der Waals surface area contributed by atoms with Crippen LogP contribution >= 0.6 is 42.4 Å². The molecule has 0 spiro atoms. The maximum absolute atomic E-state index is 11.7. The largest absolute Gasteiger partial charge is 0.351 e. The predicted octanol–water partition coefficient (Wildman–Crippen LogP) is 3.56. The lowest BCUT2D eigenvalue weighted by Crippen LogP contribution is -2.36. The fourth-order valence-corrected chi connectivity index (χ4v) is 2.06. The van der Waals surface area contributed by atoms with Gasteiger partial charge < -0.3 is 14.7 Å². The van der Waals surface area contributed by atoms with Crippen LogP contribution in [0.3, 0.4) is 0 Å². The summed E-state index contributed by atoms with van der Waals surface area (Å²) in [5.74, 6) is 0.111. The van der Waals surface area contributed by atoms with Crippen molar-refractivity contribution in [3.05, 3.63) is 47.8 Å². The summed E-state index contributed by atoms with van der Waals surface area (Å²) in [6.45, 7) is 0. The highest BCUT2D eigenvalue weighted by atomic mass is 35.6. The van der Waals surface area contributed by atoms with Gasteiger partial charge in [-0.25, -0.2) is 0 Å². The van der Waals surface area contributed by atoms with Gasteiger partial charge in [-0.1, -0.05) is 65.1 Å². The Bertz CT molecular complexity index is 559. The number of hydrogen-bond acceptors (Lipinski definition) is 3. The quantitative estimate of drug-likeness (QED) is 0.612. The molecule has 1 amide bonds. The van der Waals surface area contributed by atoms with Gasteiger partial charge in [0.2, 0.25) is 0 Å². The molecule has 0 fully saturated rings. The van der Waals surface area contributed by atoms with E-state index in [4.69, 9.17) is 34.8 Å². The van der Waals surface area contributed by atoms with Gasteiger partial charge in [0.1, 0.15) is 0 Å². The summed E-state index contributed by atoms with van der Waals surface area (Å²) in [5, 5.41) is 2.46. The van der Waals surface area contributed by atoms with E-state index >= 15 is 0 Å². The molecule has 0 aliphatic heterocycles. The molecule has 0 radical (unpaired) electrons. The van der Waals surface area contributed by atoms with Crippen LogP contribution in [0.1, 0.15) is 11.6 Å². The second-order valence-corrected chi connectivity index (χ2v) is 8.02. The van der Waals surface area contributed by atoms with Crippen LogP contribution < -0.4 is 5.32 Å². The number of carbonyl (C=O) groups excluding carboxylic acids is 1. The highest BCUT2D eigenvalue weighted by Gasteiger charge is 2.32. The molecule has 1 aromatic carbocycles. The minimum atomic E-state index is -3.86. The molecule has 0 aromatic heterocycles. The first-order chi connectivity index (χ1) is 9.65. The van der Waals surface area contributed by atoms with Crippen molar-refractivity contribution in [1.29, 1.82) is 0 Å². The monoisotopic (exact) mass is 371 g/mol. The van der Waals surface area contributed by atoms with Crippen LogP contribution in [0.2, 0.25) is 0 Å². The summed E-state index contributed by atoms with van der Waals surface area (Å²) >= 11 is 16.5. The molecule has 2 atom stereocenters. The van der Waals surface area contributed by atoms with Crippen molar-refractivity contribution in [3.63, 3.8) is 0 Å². The second-order valence-electron chi connectivity index (χ2n) is 3.95. The van der Waals surface area contributed by atoms with Crippen LogP contribution in [0.5, 0.6) is 0 Å². The summed E-state index contributed by atoms with van der Waals surface area (Å²) in [7, 11) is -2.76. The molecule has 1 aromatic rings. The molecule has 2 unspecified atom stereocenters. The fourth-order valence-electron chi connectivity index (χ4n) is 1.38. The van der Waals surface area contributed by atoms with Crippen LogP contribution in [-0.2, 0) is 13.9 Å². The molecule has 0 aliphatic rings. The maximum Gasteiger partial charge on any atom is 0.351 e. The Labute approximate surface area is 137 Å². The summed E-state index contributed by atoms with van der Waals surface area (Å²) in [6.07, 6.45) is 1.30. The molecule has 0 aliphatic carbocycles. The Kier molecular flexibility index (Phi) is 6.72. The fraction of sp³-hybridized carbons (Fsp3) is 0.250. The maximum atomic E-state index is 11.7. The third-order valence-electron chi connectivity index (χ3n) is 2.43. The number of rotatable bonds is 5. The van der Waals surface area contributed by atoms with E-state index in [9.17, 15) is 14.3 Å². The van der Waals surface area contributed by atoms with Gasteiger partial charge in [-0.2, -0.15) is 0 Å². The molecule has 21 heavy (non-hydrogen) atoms. The molecule has 0 heterocycles. The van der Waals surface area contributed by atoms with Crippen molar-refractivity contribution in [2.45, 2.75) is 9.83 Å². The molecule has 9 heteroatoms. The van der Waals surface area contributed by atoms with Crippen LogP contribution in [-0.4, -0.2) is 21.7 Å². The minimum absolute atomic E-state index is 0.646. The zero-order valence-electron chi connectivity index (χ0n) is 10.9. The summed E-state index contributed by atoms with van der Waals surface area (Å²) in [6, 6.07) is 7.95. The van der Waals surface area contributed by atoms with Crippen molar-refractivity contribution in [2.24, 2.45) is 0 Å². The molecule has 0 saturated heterocycles. The summed E-state index contributed by atoms with van der Waals surface area (Å²) < 4.78 is 13.8. The standard InChI is InChI=1S/C12H13Cl3NO4P/c1-20-21(18,19)8-7-10(9-5-3-2-4-6-9)16-11(17)12(13,14)15/h2-8,10H,1H3,(H,16,17)(H,18,19)/b8-7+. The molecule has 0 saturated carbocycles. The average Bonchev–Trinajstić information content (AvgIpc) is 2.43. The zero-order chi connectivity index (χ0) is 16.1. The predicted molar refractivity (Wildman–Crippen MR) is 83.6 cm³/mol. The molecule has 5 nitrogen and oxygen atoms in total. The van der Waals surface area contributed by atoms with Crippen molar-refractivity contribution in [3.8, 4) is 0 Å². The lowest BCUT2D eigenvalue weighted by atomic mass is 10.1. The molecule has 116 valence electrons. The molecule has 2 N–H and O–H groups in total. The lowest BCUT2D eigenvalue weighted by Gasteiger charge is -2.19. The van der Waals surface area contributed by atoms with Gasteiger partial charge >= 0.3 is 7.60 Å². The SMILES string of the molecule is COP(=O)(O)/C=C/C(NC(=O)C(Cl)(Cl)Cl)c1ccccc1. The van der Waals surface area contributed by atoms with E-state index in [0.29, 0.717) is 5.56 Å². The molecular weight excluding hydrogens is 359 g/mol. The van der Waals surface area contributed by atoms with Crippen LogP contribution in [0.25, 0.3) is 0 Å². The topological polar surface area (TPSA) is 75.6 Å². The zero-order valence-corrected chi connectivity index (χ0v) is 14.0. The van der Waals surface area contributed by atoms with E-state index in [1.165, 1.54) is 6.08 Å². The van der Waals surface area contributed by atoms with Gasteiger partial charge in [0.25, 0.3) is 9.70 Å². The second kappa shape index (κ2) is 7.63. The van der Waals surface area contributed by atoms with Gasteiger partial charge in [-0.05, 0) is 11.6 Å². The highest BCUT2D eigenvalue weighted by molar-refractivity contribution is 7.56. The first-order valence-corrected chi connectivity index (χ1v) is 8.44. The van der Waals surface area contributed by atoms with E-state index in [1.54, 1.807) is 30.3 Å². The third kappa shape index (κ3) is 6.39. The van der Waals surface area contributed by atoms with E-state index in [1.807, 2.05) is 0 Å². The highest BCUT2D eigenvalue weighted by Crippen LogP contribution is 2.43. The normalized spacial score (nSPS) is 16.4. The van der Waals surface area contributed by atoms with Crippen LogP contribution in [0.4, 0.5) is 0 Å². The third-order valence-corrected chi connectivity index (χ3v) is 4.02.